The third-order valence-corrected chi connectivity index (χ3v) is 4.01. The Morgan fingerprint density at radius 3 is 3.06 bits per heavy atom. The molecule has 2 aromatic rings. The molecule has 1 aliphatic carbocycles. The zero-order valence-corrected chi connectivity index (χ0v) is 10.9. The van der Waals surface area contributed by atoms with E-state index in [9.17, 15) is 0 Å². The molecule has 0 amide bonds. The van der Waals surface area contributed by atoms with Crippen molar-refractivity contribution in [1.82, 2.24) is 4.98 Å². The van der Waals surface area contributed by atoms with Crippen molar-refractivity contribution in [3.8, 4) is 6.07 Å². The summed E-state index contributed by atoms with van der Waals surface area (Å²) in [7, 11) is 0. The monoisotopic (exact) mass is 286 g/mol. The lowest BCUT2D eigenvalue weighted by Crippen LogP contribution is -1.98. The number of pyridine rings is 1. The molecule has 1 aliphatic rings. The lowest BCUT2D eigenvalue weighted by Gasteiger charge is -2.10. The first kappa shape index (κ1) is 10.7. The lowest BCUT2D eigenvalue weighted by atomic mass is 9.99. The molecule has 1 aromatic heterocycles. The number of aromatic nitrogens is 1. The Hall–Kier alpha value is -1.40. The number of benzene rings is 1. The molecule has 0 atom stereocenters. The second-order valence-corrected chi connectivity index (χ2v) is 5.19. The van der Waals surface area contributed by atoms with Crippen molar-refractivity contribution in [3.63, 3.8) is 0 Å². The van der Waals surface area contributed by atoms with Gasteiger partial charge in [-0.25, -0.2) is 0 Å². The van der Waals surface area contributed by atoms with E-state index in [-0.39, 0.29) is 0 Å². The van der Waals surface area contributed by atoms with E-state index in [0.717, 1.165) is 34.6 Å². The molecule has 0 saturated heterocycles. The predicted octanol–water partition coefficient (Wildman–Crippen LogP) is 3.55. The van der Waals surface area contributed by atoms with Crippen LogP contribution in [0.2, 0.25) is 0 Å². The van der Waals surface area contributed by atoms with Gasteiger partial charge < -0.3 is 0 Å². The summed E-state index contributed by atoms with van der Waals surface area (Å²) in [5.41, 5.74) is 4.69. The van der Waals surface area contributed by atoms with Crippen LogP contribution in [0.5, 0.6) is 0 Å². The molecule has 0 N–H and O–H groups in total. The van der Waals surface area contributed by atoms with Gasteiger partial charge in [0.2, 0.25) is 0 Å². The van der Waals surface area contributed by atoms with Crippen molar-refractivity contribution in [2.75, 3.05) is 0 Å². The molecule has 0 unspecified atom stereocenters. The molecule has 3 rings (SSSR count). The lowest BCUT2D eigenvalue weighted by molar-refractivity contribution is 0.899. The van der Waals surface area contributed by atoms with Gasteiger partial charge in [-0.1, -0.05) is 12.1 Å². The van der Waals surface area contributed by atoms with Crippen LogP contribution in [0.3, 0.4) is 0 Å². The molecule has 0 spiro atoms. The number of para-hydroxylation sites is 1. The molecule has 0 fully saturated rings. The van der Waals surface area contributed by atoms with E-state index in [4.69, 9.17) is 10.2 Å². The summed E-state index contributed by atoms with van der Waals surface area (Å²) in [5.74, 6) is 0. The summed E-state index contributed by atoms with van der Waals surface area (Å²) in [6.45, 7) is 0. The van der Waals surface area contributed by atoms with Crippen LogP contribution in [-0.4, -0.2) is 4.98 Å². The van der Waals surface area contributed by atoms with Crippen LogP contribution in [-0.2, 0) is 19.3 Å². The highest BCUT2D eigenvalue weighted by molar-refractivity contribution is 9.10. The Balaban J connectivity index is 2.41. The first-order valence-corrected chi connectivity index (χ1v) is 6.56. The fourth-order valence-corrected chi connectivity index (χ4v) is 3.08. The Labute approximate surface area is 108 Å². The average Bonchev–Trinajstić information content (AvgIpc) is 2.78. The summed E-state index contributed by atoms with van der Waals surface area (Å²) in [6, 6.07) is 8.37. The van der Waals surface area contributed by atoms with Crippen LogP contribution >= 0.6 is 15.9 Å². The van der Waals surface area contributed by atoms with Crippen LogP contribution in [0.25, 0.3) is 10.9 Å². The number of nitrogens with zero attached hydrogens (tertiary/aromatic N) is 2. The van der Waals surface area contributed by atoms with Gasteiger partial charge in [0.25, 0.3) is 0 Å². The summed E-state index contributed by atoms with van der Waals surface area (Å²) >= 11 is 3.55. The van der Waals surface area contributed by atoms with Crippen molar-refractivity contribution < 1.29 is 0 Å². The third kappa shape index (κ3) is 1.64. The first-order chi connectivity index (χ1) is 8.31. The minimum absolute atomic E-state index is 0.484. The molecule has 0 aliphatic heterocycles. The second kappa shape index (κ2) is 4.12. The number of hydrogen-bond acceptors (Lipinski definition) is 2. The molecule has 0 bridgehead atoms. The maximum Gasteiger partial charge on any atom is 0.0850 e. The molecule has 84 valence electrons. The van der Waals surface area contributed by atoms with Crippen LogP contribution < -0.4 is 0 Å². The maximum absolute atomic E-state index is 9.00. The third-order valence-electron chi connectivity index (χ3n) is 3.37. The van der Waals surface area contributed by atoms with Crippen molar-refractivity contribution in [1.29, 1.82) is 5.26 Å². The highest BCUT2D eigenvalue weighted by atomic mass is 79.9. The Morgan fingerprint density at radius 2 is 2.24 bits per heavy atom. The number of nitriles is 1. The van der Waals surface area contributed by atoms with Gasteiger partial charge in [-0.3, -0.25) is 4.98 Å². The minimum atomic E-state index is 0.484. The van der Waals surface area contributed by atoms with Gasteiger partial charge in [0.1, 0.15) is 0 Å². The second-order valence-electron chi connectivity index (χ2n) is 4.34. The highest BCUT2D eigenvalue weighted by Crippen LogP contribution is 2.33. The Morgan fingerprint density at radius 1 is 1.35 bits per heavy atom. The molecule has 0 saturated carbocycles. The number of halogens is 1. The zero-order chi connectivity index (χ0) is 11.8. The number of fused-ring (bicyclic) bond motifs is 2. The highest BCUT2D eigenvalue weighted by Gasteiger charge is 2.19. The topological polar surface area (TPSA) is 36.7 Å². The van der Waals surface area contributed by atoms with Crippen molar-refractivity contribution in [2.24, 2.45) is 0 Å². The van der Waals surface area contributed by atoms with Crippen LogP contribution in [0, 0.1) is 11.3 Å². The van der Waals surface area contributed by atoms with Crippen LogP contribution in [0.4, 0.5) is 0 Å². The van der Waals surface area contributed by atoms with Gasteiger partial charge >= 0.3 is 0 Å². The van der Waals surface area contributed by atoms with E-state index in [1.54, 1.807) is 0 Å². The average molecular weight is 287 g/mol. The SMILES string of the molecule is N#CCc1c2c(nc3c(Br)cccc13)CCC2. The molecular weight excluding hydrogens is 276 g/mol. The normalized spacial score (nSPS) is 13.6. The fourth-order valence-electron chi connectivity index (χ4n) is 2.63. The Bertz CT molecular complexity index is 641. The molecule has 3 heteroatoms. The van der Waals surface area contributed by atoms with E-state index in [1.165, 1.54) is 16.8 Å². The predicted molar refractivity (Wildman–Crippen MR) is 70.8 cm³/mol. The molecule has 1 aromatic carbocycles. The van der Waals surface area contributed by atoms with E-state index in [1.807, 2.05) is 12.1 Å². The minimum Gasteiger partial charge on any atom is -0.251 e. The van der Waals surface area contributed by atoms with Crippen LogP contribution in [0.15, 0.2) is 22.7 Å². The van der Waals surface area contributed by atoms with Gasteiger partial charge in [0.05, 0.1) is 18.0 Å². The molecule has 0 radical (unpaired) electrons. The fraction of sp³-hybridized carbons (Fsp3) is 0.286. The quantitative estimate of drug-likeness (QED) is 0.804. The molecule has 1 heterocycles. The van der Waals surface area contributed by atoms with Crippen molar-refractivity contribution in [2.45, 2.75) is 25.7 Å². The van der Waals surface area contributed by atoms with Gasteiger partial charge in [0.15, 0.2) is 0 Å². The smallest absolute Gasteiger partial charge is 0.0850 e. The van der Waals surface area contributed by atoms with Gasteiger partial charge in [-0.05, 0) is 52.4 Å². The number of rotatable bonds is 1. The number of hydrogen-bond donors (Lipinski definition) is 0. The first-order valence-electron chi connectivity index (χ1n) is 5.77. The van der Waals surface area contributed by atoms with Gasteiger partial charge in [-0.15, -0.1) is 0 Å². The van der Waals surface area contributed by atoms with E-state index < -0.39 is 0 Å². The number of aryl methyl sites for hydroxylation is 1. The van der Waals surface area contributed by atoms with Gasteiger partial charge in [-0.2, -0.15) is 5.26 Å². The van der Waals surface area contributed by atoms with Crippen LogP contribution in [0.1, 0.15) is 23.2 Å². The Kier molecular flexibility index (Phi) is 2.60. The largest absolute Gasteiger partial charge is 0.251 e. The summed E-state index contributed by atoms with van der Waals surface area (Å²) in [5, 5.41) is 10.1. The van der Waals surface area contributed by atoms with Crippen molar-refractivity contribution >= 4 is 26.8 Å². The standard InChI is InChI=1S/C14H11BrN2/c15-12-5-1-4-11-9(7-8-16)10-3-2-6-13(10)17-14(11)12/h1,4-5H,2-3,6-7H2. The maximum atomic E-state index is 9.00. The zero-order valence-electron chi connectivity index (χ0n) is 9.33. The van der Waals surface area contributed by atoms with Crippen molar-refractivity contribution in [3.05, 3.63) is 39.5 Å². The molecule has 2 nitrogen and oxygen atoms in total. The molecular formula is C14H11BrN2. The summed E-state index contributed by atoms with van der Waals surface area (Å²) < 4.78 is 1.02. The van der Waals surface area contributed by atoms with E-state index >= 15 is 0 Å². The molecule has 17 heavy (non-hydrogen) atoms. The summed E-state index contributed by atoms with van der Waals surface area (Å²) in [4.78, 5) is 4.74. The van der Waals surface area contributed by atoms with Gasteiger partial charge in [0, 0.05) is 15.6 Å². The summed E-state index contributed by atoms with van der Waals surface area (Å²) in [6.07, 6.45) is 3.76. The van der Waals surface area contributed by atoms with E-state index in [0.29, 0.717) is 6.42 Å². The van der Waals surface area contributed by atoms with E-state index in [2.05, 4.69) is 28.1 Å².